The van der Waals surface area contributed by atoms with Crippen molar-refractivity contribution in [3.8, 4) is 0 Å². The normalized spacial score (nSPS) is 12.2. The molecule has 1 aromatic carbocycles. The third kappa shape index (κ3) is 3.14. The minimum absolute atomic E-state index is 0.307. The van der Waals surface area contributed by atoms with Crippen molar-refractivity contribution in [2.24, 2.45) is 0 Å². The van der Waals surface area contributed by atoms with Gasteiger partial charge in [0.05, 0.1) is 10.8 Å². The highest BCUT2D eigenvalue weighted by atomic mass is 32.2. The Morgan fingerprint density at radius 2 is 2.05 bits per heavy atom. The van der Waals surface area contributed by atoms with E-state index in [2.05, 4.69) is 0 Å². The molecule has 0 aliphatic rings. The number of rotatable bonds is 4. The lowest BCUT2D eigenvalue weighted by Gasteiger charge is -2.10. The van der Waals surface area contributed by atoms with Crippen LogP contribution in [0.25, 0.3) is 0 Å². The molecule has 104 valence electrons. The van der Waals surface area contributed by atoms with Gasteiger partial charge in [-0.1, -0.05) is 0 Å². The maximum atomic E-state index is 13.5. The predicted octanol–water partition coefficient (Wildman–Crippen LogP) is 2.96. The average molecular weight is 295 g/mol. The molecule has 0 aliphatic heterocycles. The highest BCUT2D eigenvalue weighted by Crippen LogP contribution is 2.24. The van der Waals surface area contributed by atoms with Crippen molar-refractivity contribution in [1.29, 1.82) is 0 Å². The molecule has 1 heterocycles. The van der Waals surface area contributed by atoms with Gasteiger partial charge < -0.3 is 5.21 Å². The van der Waals surface area contributed by atoms with E-state index in [0.717, 1.165) is 30.0 Å². The maximum absolute atomic E-state index is 13.5. The summed E-state index contributed by atoms with van der Waals surface area (Å²) in [6.45, 7) is 1.55. The number of benzene rings is 1. The van der Waals surface area contributed by atoms with Crippen LogP contribution in [0.4, 0.5) is 8.78 Å². The topological polar surface area (TPSA) is 44.0 Å². The van der Waals surface area contributed by atoms with Crippen LogP contribution in [0.1, 0.15) is 17.3 Å². The van der Waals surface area contributed by atoms with E-state index in [1.165, 1.54) is 6.20 Å². The monoisotopic (exact) mass is 295 g/mol. The third-order valence-electron chi connectivity index (χ3n) is 2.65. The number of pyridine rings is 1. The number of hydrogen-bond acceptors (Lipinski definition) is 3. The molecule has 0 aliphatic carbocycles. The fraction of sp³-hybridized carbons (Fsp3) is 0.143. The number of nitrogens with zero attached hydrogens (tertiary/aromatic N) is 1. The van der Waals surface area contributed by atoms with E-state index in [9.17, 15) is 18.8 Å². The number of hydrogen-bond donors (Lipinski definition) is 0. The molecule has 0 amide bonds. The molecule has 0 spiro atoms. The van der Waals surface area contributed by atoms with Crippen LogP contribution in [0.3, 0.4) is 0 Å². The minimum Gasteiger partial charge on any atom is -0.618 e. The molecule has 0 radical (unpaired) electrons. The summed E-state index contributed by atoms with van der Waals surface area (Å²) < 4.78 is 27.2. The van der Waals surface area contributed by atoms with Crippen molar-refractivity contribution in [2.75, 3.05) is 0 Å². The molecule has 20 heavy (non-hydrogen) atoms. The smallest absolute Gasteiger partial charge is 0.252 e. The summed E-state index contributed by atoms with van der Waals surface area (Å²) in [6.07, 6.45) is 1.31. The van der Waals surface area contributed by atoms with E-state index in [1.54, 1.807) is 25.1 Å². The van der Waals surface area contributed by atoms with Crippen molar-refractivity contribution >= 4 is 17.5 Å². The van der Waals surface area contributed by atoms with E-state index < -0.39 is 22.7 Å². The number of halogens is 2. The molecule has 6 heteroatoms. The fourth-order valence-electron chi connectivity index (χ4n) is 1.64. The van der Waals surface area contributed by atoms with Crippen LogP contribution in [-0.2, 0) is 0 Å². The number of aromatic nitrogens is 1. The molecule has 1 aromatic heterocycles. The summed E-state index contributed by atoms with van der Waals surface area (Å²) in [6, 6.07) is 7.52. The van der Waals surface area contributed by atoms with Crippen molar-refractivity contribution in [2.45, 2.75) is 17.2 Å². The zero-order chi connectivity index (χ0) is 14.7. The molecule has 2 aromatic rings. The van der Waals surface area contributed by atoms with Crippen molar-refractivity contribution < 1.29 is 18.3 Å². The Labute approximate surface area is 118 Å². The SMILES string of the molecule is C[C@@H](Sc1cccc[n+]1[O-])C(=O)c1cc(F)ccc1F. The Morgan fingerprint density at radius 3 is 2.75 bits per heavy atom. The third-order valence-corrected chi connectivity index (χ3v) is 3.77. The van der Waals surface area contributed by atoms with Gasteiger partial charge in [-0.2, -0.15) is 4.73 Å². The second kappa shape index (κ2) is 6.00. The molecule has 0 fully saturated rings. The van der Waals surface area contributed by atoms with E-state index in [1.807, 2.05) is 0 Å². The van der Waals surface area contributed by atoms with Gasteiger partial charge >= 0.3 is 0 Å². The maximum Gasteiger partial charge on any atom is 0.252 e. The Kier molecular flexibility index (Phi) is 4.34. The molecular weight excluding hydrogens is 284 g/mol. The molecule has 2 rings (SSSR count). The Bertz CT molecular complexity index is 649. The molecule has 0 bridgehead atoms. The summed E-state index contributed by atoms with van der Waals surface area (Å²) in [7, 11) is 0. The molecular formula is C14H11F2NO2S. The number of thioether (sulfide) groups is 1. The van der Waals surface area contributed by atoms with Gasteiger partial charge in [0.1, 0.15) is 11.6 Å². The van der Waals surface area contributed by atoms with Crippen LogP contribution < -0.4 is 4.73 Å². The zero-order valence-corrected chi connectivity index (χ0v) is 11.4. The lowest BCUT2D eigenvalue weighted by molar-refractivity contribution is -0.645. The van der Waals surface area contributed by atoms with Gasteiger partial charge in [0.15, 0.2) is 12.0 Å². The average Bonchev–Trinajstić information content (AvgIpc) is 2.43. The van der Waals surface area contributed by atoms with E-state index in [-0.39, 0.29) is 5.56 Å². The van der Waals surface area contributed by atoms with Crippen LogP contribution in [-0.4, -0.2) is 11.0 Å². The van der Waals surface area contributed by atoms with Gasteiger partial charge in [-0.25, -0.2) is 8.78 Å². The van der Waals surface area contributed by atoms with E-state index in [0.29, 0.717) is 9.76 Å². The summed E-state index contributed by atoms with van der Waals surface area (Å²) in [5.41, 5.74) is -0.307. The van der Waals surface area contributed by atoms with Crippen LogP contribution in [0, 0.1) is 16.8 Å². The molecule has 3 nitrogen and oxygen atoms in total. The van der Waals surface area contributed by atoms with Gasteiger partial charge in [-0.3, -0.25) is 4.79 Å². The highest BCUT2D eigenvalue weighted by molar-refractivity contribution is 8.00. The lowest BCUT2D eigenvalue weighted by Crippen LogP contribution is -2.29. The molecule has 0 saturated heterocycles. The Morgan fingerprint density at radius 1 is 1.30 bits per heavy atom. The van der Waals surface area contributed by atoms with Crippen LogP contribution in [0.5, 0.6) is 0 Å². The van der Waals surface area contributed by atoms with Gasteiger partial charge in [-0.05, 0) is 43.0 Å². The van der Waals surface area contributed by atoms with Gasteiger partial charge in [0, 0.05) is 12.1 Å². The van der Waals surface area contributed by atoms with Gasteiger partial charge in [0.2, 0.25) is 0 Å². The summed E-state index contributed by atoms with van der Waals surface area (Å²) in [4.78, 5) is 12.1. The Hall–Kier alpha value is -1.95. The molecule has 0 saturated carbocycles. The number of carbonyl (C=O) groups is 1. The minimum atomic E-state index is -0.771. The van der Waals surface area contributed by atoms with Gasteiger partial charge in [0.25, 0.3) is 5.03 Å². The summed E-state index contributed by atoms with van der Waals surface area (Å²) >= 11 is 0.999. The van der Waals surface area contributed by atoms with Crippen LogP contribution >= 0.6 is 11.8 Å². The summed E-state index contributed by atoms with van der Waals surface area (Å²) in [5, 5.41) is 11.1. The fourth-order valence-corrected chi connectivity index (χ4v) is 2.56. The van der Waals surface area contributed by atoms with E-state index >= 15 is 0 Å². The lowest BCUT2D eigenvalue weighted by atomic mass is 10.1. The van der Waals surface area contributed by atoms with Gasteiger partial charge in [-0.15, -0.1) is 0 Å². The highest BCUT2D eigenvalue weighted by Gasteiger charge is 2.23. The summed E-state index contributed by atoms with van der Waals surface area (Å²) in [5.74, 6) is -2.01. The standard InChI is InChI=1S/C14H11F2NO2S/c1-9(20-13-4-2-3-7-17(13)19)14(18)11-8-10(15)5-6-12(11)16/h2-9H,1H3/t9-/m1/s1. The second-order valence-corrected chi connectivity index (χ2v) is 5.47. The Balaban J connectivity index is 2.21. The van der Waals surface area contributed by atoms with Crippen molar-refractivity contribution in [3.05, 3.63) is 65.0 Å². The molecule has 0 unspecified atom stereocenters. The van der Waals surface area contributed by atoms with E-state index in [4.69, 9.17) is 0 Å². The molecule has 0 N–H and O–H groups in total. The zero-order valence-electron chi connectivity index (χ0n) is 10.5. The largest absolute Gasteiger partial charge is 0.618 e. The number of ketones is 1. The second-order valence-electron chi connectivity index (χ2n) is 4.11. The quantitative estimate of drug-likeness (QED) is 0.377. The number of carbonyl (C=O) groups excluding carboxylic acids is 1. The first-order valence-corrected chi connectivity index (χ1v) is 6.71. The first-order chi connectivity index (χ1) is 9.49. The first-order valence-electron chi connectivity index (χ1n) is 5.83. The van der Waals surface area contributed by atoms with Crippen molar-refractivity contribution in [1.82, 2.24) is 0 Å². The first kappa shape index (κ1) is 14.5. The van der Waals surface area contributed by atoms with Crippen molar-refractivity contribution in [3.63, 3.8) is 0 Å². The molecule has 1 atom stereocenters. The number of Topliss-reactive ketones (excluding diaryl/α,β-unsaturated/α-hetero) is 1. The predicted molar refractivity (Wildman–Crippen MR) is 71.4 cm³/mol. The van der Waals surface area contributed by atoms with Crippen LogP contribution in [0.2, 0.25) is 0 Å². The van der Waals surface area contributed by atoms with Crippen LogP contribution in [0.15, 0.2) is 47.6 Å².